The number of carbonyl (C=O) groups is 4. The van der Waals surface area contributed by atoms with Gasteiger partial charge < -0.3 is 75.5 Å². The minimum Gasteiger partial charge on any atom is -0.481 e. The minimum atomic E-state index is -0.829. The molecule has 9 heterocycles. The summed E-state index contributed by atoms with van der Waals surface area (Å²) in [7, 11) is 1.50. The van der Waals surface area contributed by atoms with Gasteiger partial charge in [0, 0.05) is 136 Å². The molecule has 0 aromatic rings. The Morgan fingerprint density at radius 2 is 1.00 bits per heavy atom. The van der Waals surface area contributed by atoms with Crippen molar-refractivity contribution in [2.45, 2.75) is 137 Å². The van der Waals surface area contributed by atoms with Gasteiger partial charge in [0.25, 0.3) is 0 Å². The van der Waals surface area contributed by atoms with E-state index in [9.17, 15) is 19.2 Å². The van der Waals surface area contributed by atoms with Gasteiger partial charge in [-0.05, 0) is 77.7 Å². The number of likely N-dealkylation sites (tertiary alicyclic amines) is 5. The zero-order valence-corrected chi connectivity index (χ0v) is 50.9. The molecule has 0 saturated carbocycles. The van der Waals surface area contributed by atoms with Crippen molar-refractivity contribution in [2.24, 2.45) is 11.7 Å². The molecular weight excluding hydrogens is 1160 g/mol. The molecule has 21 heteroatoms. The van der Waals surface area contributed by atoms with Gasteiger partial charge in [0.05, 0.1) is 45.0 Å². The fourth-order valence-corrected chi connectivity index (χ4v) is 9.51. The molecule has 9 fully saturated rings. The van der Waals surface area contributed by atoms with Crippen LogP contribution in [-0.4, -0.2) is 226 Å². The van der Waals surface area contributed by atoms with Crippen LogP contribution in [-0.2, 0) is 80.3 Å². The maximum atomic E-state index is 11.4. The van der Waals surface area contributed by atoms with Gasteiger partial charge in [-0.15, -0.1) is 0 Å². The van der Waals surface area contributed by atoms with Crippen molar-refractivity contribution >= 4 is 55.4 Å². The monoisotopic (exact) mass is 1260 g/mol. The number of carboxylic acids is 1. The fraction of sp³-hybridized carbons (Fsp3) is 0.868. The van der Waals surface area contributed by atoms with Gasteiger partial charge in [0.1, 0.15) is 11.1 Å². The smallest absolute Gasteiger partial charge is 0.314 e. The minimum absolute atomic E-state index is 0. The van der Waals surface area contributed by atoms with Crippen LogP contribution < -0.4 is 11.1 Å². The zero-order valence-electron chi connectivity index (χ0n) is 44.9. The Kier molecular flexibility index (Phi) is 45.1. The van der Waals surface area contributed by atoms with E-state index in [2.05, 4.69) is 98.3 Å². The Bertz CT molecular complexity index is 1430. The number of ketones is 1. The van der Waals surface area contributed by atoms with Crippen molar-refractivity contribution in [1.82, 2.24) is 29.8 Å². The molecule has 1 radical (unpaired) electrons. The second-order valence-electron chi connectivity index (χ2n) is 18.5. The summed E-state index contributed by atoms with van der Waals surface area (Å²) in [6.45, 7) is 32.4. The van der Waals surface area contributed by atoms with Crippen LogP contribution in [0.25, 0.3) is 0 Å². The molecule has 2 amide bonds. The van der Waals surface area contributed by atoms with Gasteiger partial charge in [0.15, 0.2) is 17.4 Å². The van der Waals surface area contributed by atoms with Crippen LogP contribution in [0, 0.1) is 12.3 Å². The van der Waals surface area contributed by atoms with Crippen LogP contribution in [0.2, 0.25) is 0 Å². The summed E-state index contributed by atoms with van der Waals surface area (Å²) < 4.78 is 33.3. The molecule has 0 aliphatic carbocycles. The summed E-state index contributed by atoms with van der Waals surface area (Å²) in [5.41, 5.74) is 4.50. The first-order chi connectivity index (χ1) is 34.3. The van der Waals surface area contributed by atoms with Crippen LogP contribution >= 0.6 is 31.9 Å². The number of ether oxygens (including phenoxy) is 6. The zero-order chi connectivity index (χ0) is 52.4. The molecule has 433 valence electrons. The number of hydrogen-bond donors (Lipinski definition) is 3. The number of amides is 2. The van der Waals surface area contributed by atoms with Crippen LogP contribution in [0.5, 0.6) is 0 Å². The molecule has 0 bridgehead atoms. The van der Waals surface area contributed by atoms with Gasteiger partial charge in [-0.2, -0.15) is 12.8 Å². The van der Waals surface area contributed by atoms with Crippen molar-refractivity contribution in [2.75, 3.05) is 156 Å². The van der Waals surface area contributed by atoms with E-state index in [-0.39, 0.29) is 76.3 Å². The van der Waals surface area contributed by atoms with Crippen LogP contribution in [0.4, 0.5) is 0 Å². The summed E-state index contributed by atoms with van der Waals surface area (Å²) in [5.74, 6) is -0.222. The van der Waals surface area contributed by atoms with Crippen molar-refractivity contribution in [3.63, 3.8) is 0 Å². The summed E-state index contributed by atoms with van der Waals surface area (Å²) in [4.78, 5) is 53.6. The summed E-state index contributed by atoms with van der Waals surface area (Å²) in [5, 5.41) is 11.4. The van der Waals surface area contributed by atoms with Gasteiger partial charge in [-0.3, -0.25) is 19.2 Å². The van der Waals surface area contributed by atoms with Crippen molar-refractivity contribution in [1.29, 1.82) is 0 Å². The van der Waals surface area contributed by atoms with E-state index >= 15 is 0 Å². The molecule has 3 spiro atoms. The third-order valence-corrected chi connectivity index (χ3v) is 14.8. The number of hydrogen-bond acceptors (Lipinski definition) is 15. The summed E-state index contributed by atoms with van der Waals surface area (Å²) in [6, 6.07) is 0. The van der Waals surface area contributed by atoms with E-state index in [0.717, 1.165) is 116 Å². The Labute approximate surface area is 490 Å². The average molecular weight is 1260 g/mol. The fourth-order valence-electron chi connectivity index (χ4n) is 9.16. The topological polar surface area (TPSA) is 198 Å². The normalized spacial score (nSPS) is 22.7. The van der Waals surface area contributed by atoms with E-state index in [1.807, 2.05) is 4.90 Å². The summed E-state index contributed by atoms with van der Waals surface area (Å²) >= 11 is 5.89. The standard InChI is InChI=1S/C10H15NO3.C9H14BrNO3.C8H17N.C7H13NO2.C7H13NO.C7H14N.C2H3BrO2.CH5N.2CH4.Y/c1-2-9(12)11-5-3-10(4-6-11)13-7-8-14-10;10-7-8(12)11-3-1-9(2-4-11)13-5-6-14-9;1-3-9-6-4-8(2)5-7-9;1-3-8-4-2-7(1)9-5-6-10-7;1-2-8-5-3-7(9)4-6-8;1-2-8-6-4-3-5-7-8;3-1-2(4)5;1-2;;;/h2H,1,3-8H2;1-7H2;8H,3-7H2,1-2H3;8H,1-6H2;2-6H2,1H3;3H,2,4-7H2,1H3;1H2,(H,4,5);2H2,1H3;2*1H4;/q;;;;;-1;;;;;. The molecule has 4 N–H and O–H groups in total. The average Bonchev–Trinajstić information content (AvgIpc) is 4.21. The Morgan fingerprint density at radius 3 is 1.34 bits per heavy atom. The number of carboxylic acid groups (broad SMARTS) is 1. The first-order valence-corrected chi connectivity index (χ1v) is 28.7. The number of halogens is 2. The number of carbonyl (C=O) groups excluding carboxylic acids is 3. The largest absolute Gasteiger partial charge is 0.481 e. The second kappa shape index (κ2) is 44.2. The number of nitrogens with zero attached hydrogens (tertiary/aromatic N) is 5. The van der Waals surface area contributed by atoms with Gasteiger partial charge in [0.2, 0.25) is 11.8 Å². The molecular formula is C53H102Br2N7O11Y-. The molecule has 9 saturated heterocycles. The molecule has 0 unspecified atom stereocenters. The molecule has 0 atom stereocenters. The van der Waals surface area contributed by atoms with Crippen molar-refractivity contribution in [3.8, 4) is 0 Å². The third kappa shape index (κ3) is 30.1. The molecule has 9 rings (SSSR count). The van der Waals surface area contributed by atoms with Crippen LogP contribution in [0.1, 0.15) is 120 Å². The number of alkyl halides is 2. The quantitative estimate of drug-likeness (QED) is 0.149. The Hall–Kier alpha value is -0.556. The van der Waals surface area contributed by atoms with E-state index in [4.69, 9.17) is 33.5 Å². The number of piperidine rings is 6. The molecule has 74 heavy (non-hydrogen) atoms. The molecule has 0 aromatic heterocycles. The van der Waals surface area contributed by atoms with E-state index in [0.29, 0.717) is 50.6 Å². The van der Waals surface area contributed by atoms with Crippen molar-refractivity contribution in [3.05, 3.63) is 19.1 Å². The number of Topliss-reactive ketones (excluding diaryl/α,β-unsaturated/α-hetero) is 1. The third-order valence-electron chi connectivity index (χ3n) is 13.9. The Balaban J connectivity index is 0. The predicted molar refractivity (Wildman–Crippen MR) is 299 cm³/mol. The molecule has 9 aliphatic heterocycles. The van der Waals surface area contributed by atoms with E-state index in [1.165, 1.54) is 78.1 Å². The van der Waals surface area contributed by atoms with E-state index in [1.54, 1.807) is 4.90 Å². The van der Waals surface area contributed by atoms with E-state index < -0.39 is 11.8 Å². The second-order valence-corrected chi connectivity index (χ2v) is 19.7. The molecule has 9 aliphatic rings. The number of rotatable bonds is 6. The number of nitrogens with two attached hydrogens (primary N) is 1. The first-order valence-electron chi connectivity index (χ1n) is 26.4. The first kappa shape index (κ1) is 75.5. The number of aliphatic carboxylic acids is 1. The van der Waals surface area contributed by atoms with Gasteiger partial charge >= 0.3 is 5.97 Å². The van der Waals surface area contributed by atoms with Crippen LogP contribution in [0.15, 0.2) is 12.7 Å². The molecule has 18 nitrogen and oxygen atoms in total. The van der Waals surface area contributed by atoms with Gasteiger partial charge in [-0.25, -0.2) is 0 Å². The van der Waals surface area contributed by atoms with Gasteiger partial charge in [-0.1, -0.05) is 81.0 Å². The Morgan fingerprint density at radius 1 is 0.649 bits per heavy atom. The van der Waals surface area contributed by atoms with Crippen LogP contribution in [0.3, 0.4) is 0 Å². The SMILES string of the molecule is C.C.C1CC2(CCN1)OCCO2.C=CC(=O)N1CCC2(CC1)OCCO2.CCN1CCC(=O)CC1.CCN1CCC(C)CC1.CCN1CC[CH-]CC1.CN.O=C(CBr)N1CCC2(CC1)OCCO2.O=C(O)CBr.[Y]. The number of nitrogens with one attached hydrogen (secondary N) is 1. The van der Waals surface area contributed by atoms with Crippen molar-refractivity contribution < 1.29 is 85.4 Å². The predicted octanol–water partition coefficient (Wildman–Crippen LogP) is 6.42. The summed E-state index contributed by atoms with van der Waals surface area (Å²) in [6.07, 6.45) is 15.8. The maximum absolute atomic E-state index is 11.4. The molecule has 0 aromatic carbocycles. The maximum Gasteiger partial charge on any atom is 0.314 e.